The van der Waals surface area contributed by atoms with E-state index < -0.39 is 0 Å². The van der Waals surface area contributed by atoms with Crippen LogP contribution in [0.5, 0.6) is 0 Å². The maximum absolute atomic E-state index is 3.25. The third-order valence-corrected chi connectivity index (χ3v) is 10.4. The Bertz CT molecular complexity index is 802. The molecule has 0 fully saturated rings. The second-order valence-electron chi connectivity index (χ2n) is 4.62. The molecule has 2 aromatic heterocycles. The van der Waals surface area contributed by atoms with Gasteiger partial charge in [0, 0.05) is 0 Å². The van der Waals surface area contributed by atoms with Crippen LogP contribution in [0, 0.1) is 0 Å². The first-order chi connectivity index (χ1) is 9.88. The fourth-order valence-electron chi connectivity index (χ4n) is 2.26. The number of H-pyrrole nitrogens is 2. The topological polar surface area (TPSA) is 31.6 Å². The SMILES string of the molecule is c1cc2cc([Se][Se]c3ccc4[nH]ccc4c3)ccc2[nH]1. The summed E-state index contributed by atoms with van der Waals surface area (Å²) in [7, 11) is 0. The Morgan fingerprint density at radius 1 is 0.600 bits per heavy atom. The summed E-state index contributed by atoms with van der Waals surface area (Å²) in [5, 5.41) is 2.64. The molecule has 0 radical (unpaired) electrons. The van der Waals surface area contributed by atoms with Gasteiger partial charge in [0.25, 0.3) is 0 Å². The van der Waals surface area contributed by atoms with Crippen molar-refractivity contribution in [3.8, 4) is 0 Å². The molecule has 0 saturated carbocycles. The van der Waals surface area contributed by atoms with E-state index in [2.05, 4.69) is 58.5 Å². The third-order valence-electron chi connectivity index (χ3n) is 3.28. The van der Waals surface area contributed by atoms with Gasteiger partial charge in [-0.25, -0.2) is 0 Å². The average molecular weight is 390 g/mol. The molecule has 4 heteroatoms. The molecular weight excluding hydrogens is 378 g/mol. The van der Waals surface area contributed by atoms with Crippen molar-refractivity contribution >= 4 is 57.0 Å². The molecule has 0 saturated heterocycles. The number of hydrogen-bond donors (Lipinski definition) is 2. The Hall–Kier alpha value is -1.44. The van der Waals surface area contributed by atoms with Crippen LogP contribution in [-0.2, 0) is 0 Å². The second kappa shape index (κ2) is 5.16. The number of hydrogen-bond acceptors (Lipinski definition) is 0. The summed E-state index contributed by atoms with van der Waals surface area (Å²) < 4.78 is 2.97. The molecule has 98 valence electrons. The van der Waals surface area contributed by atoms with E-state index in [0.717, 1.165) is 0 Å². The molecule has 4 rings (SSSR count). The van der Waals surface area contributed by atoms with Gasteiger partial charge >= 0.3 is 128 Å². The third kappa shape index (κ3) is 2.32. The van der Waals surface area contributed by atoms with Gasteiger partial charge in [-0.3, -0.25) is 0 Å². The zero-order chi connectivity index (χ0) is 13.4. The molecule has 2 N–H and O–H groups in total. The van der Waals surface area contributed by atoms with Crippen LogP contribution < -0.4 is 8.92 Å². The van der Waals surface area contributed by atoms with E-state index in [-0.39, 0.29) is 0 Å². The zero-order valence-corrected chi connectivity index (χ0v) is 14.0. The summed E-state index contributed by atoms with van der Waals surface area (Å²) >= 11 is 1.09. The first-order valence-corrected chi connectivity index (χ1v) is 12.4. The van der Waals surface area contributed by atoms with Gasteiger partial charge in [0.1, 0.15) is 0 Å². The van der Waals surface area contributed by atoms with Crippen molar-refractivity contribution in [2.45, 2.75) is 0 Å². The predicted molar refractivity (Wildman–Crippen MR) is 87.4 cm³/mol. The van der Waals surface area contributed by atoms with E-state index >= 15 is 0 Å². The van der Waals surface area contributed by atoms with Crippen molar-refractivity contribution in [3.63, 3.8) is 0 Å². The van der Waals surface area contributed by atoms with Crippen molar-refractivity contribution in [1.29, 1.82) is 0 Å². The first-order valence-electron chi connectivity index (χ1n) is 6.37. The van der Waals surface area contributed by atoms with E-state index in [0.29, 0.717) is 26.3 Å². The number of nitrogens with one attached hydrogen (secondary N) is 2. The summed E-state index contributed by atoms with van der Waals surface area (Å²) in [6, 6.07) is 17.8. The molecule has 0 bridgehead atoms. The quantitative estimate of drug-likeness (QED) is 0.501. The standard InChI is InChI=1S/C16H12N2Se2/c1-3-15-11(5-7-17-15)9-13(1)19-20-14-2-4-16-12(10-14)6-8-18-16/h1-10,17-18H. The van der Waals surface area contributed by atoms with Gasteiger partial charge < -0.3 is 0 Å². The van der Waals surface area contributed by atoms with Crippen molar-refractivity contribution in [3.05, 3.63) is 60.9 Å². The molecule has 2 nitrogen and oxygen atoms in total. The monoisotopic (exact) mass is 392 g/mol. The Morgan fingerprint density at radius 3 is 1.60 bits per heavy atom. The minimum atomic E-state index is 0.544. The van der Waals surface area contributed by atoms with Gasteiger partial charge in [-0.1, -0.05) is 0 Å². The van der Waals surface area contributed by atoms with Crippen molar-refractivity contribution in [2.24, 2.45) is 0 Å². The Balaban J connectivity index is 1.56. The molecule has 20 heavy (non-hydrogen) atoms. The summed E-state index contributed by atoms with van der Waals surface area (Å²) in [6.07, 6.45) is 4.01. The van der Waals surface area contributed by atoms with Crippen LogP contribution in [0.3, 0.4) is 0 Å². The fraction of sp³-hybridized carbons (Fsp3) is 0. The minimum absolute atomic E-state index is 0.544. The molecular formula is C16H12N2Se2. The van der Waals surface area contributed by atoms with Gasteiger partial charge in [0.15, 0.2) is 0 Å². The Labute approximate surface area is 127 Å². The first kappa shape index (κ1) is 12.3. The maximum atomic E-state index is 3.25. The molecule has 0 unspecified atom stereocenters. The van der Waals surface area contributed by atoms with Crippen LogP contribution in [-0.4, -0.2) is 36.2 Å². The van der Waals surface area contributed by atoms with E-state index in [4.69, 9.17) is 0 Å². The van der Waals surface area contributed by atoms with Crippen LogP contribution in [0.15, 0.2) is 60.9 Å². The van der Waals surface area contributed by atoms with E-state index in [1.165, 1.54) is 30.7 Å². The Kier molecular flexibility index (Phi) is 3.17. The molecule has 0 aliphatic heterocycles. The van der Waals surface area contributed by atoms with Crippen LogP contribution in [0.25, 0.3) is 21.8 Å². The van der Waals surface area contributed by atoms with Crippen molar-refractivity contribution < 1.29 is 0 Å². The summed E-state index contributed by atoms with van der Waals surface area (Å²) in [5.74, 6) is 0. The second-order valence-corrected chi connectivity index (χ2v) is 10.9. The van der Waals surface area contributed by atoms with Crippen molar-refractivity contribution in [1.82, 2.24) is 9.97 Å². The number of rotatable bonds is 3. The number of benzene rings is 2. The molecule has 2 aromatic carbocycles. The van der Waals surface area contributed by atoms with Gasteiger partial charge in [-0.2, -0.15) is 0 Å². The van der Waals surface area contributed by atoms with Gasteiger partial charge in [0.05, 0.1) is 0 Å². The molecule has 0 atom stereocenters. The number of aromatic nitrogens is 2. The van der Waals surface area contributed by atoms with E-state index in [1.54, 1.807) is 0 Å². The molecule has 0 spiro atoms. The van der Waals surface area contributed by atoms with Crippen LogP contribution >= 0.6 is 0 Å². The van der Waals surface area contributed by atoms with Crippen molar-refractivity contribution in [2.75, 3.05) is 0 Å². The van der Waals surface area contributed by atoms with Gasteiger partial charge in [-0.05, 0) is 0 Å². The van der Waals surface area contributed by atoms with E-state index in [1.807, 2.05) is 12.4 Å². The molecule has 0 aliphatic rings. The van der Waals surface area contributed by atoms with Gasteiger partial charge in [0.2, 0.25) is 0 Å². The van der Waals surface area contributed by atoms with Crippen LogP contribution in [0.1, 0.15) is 0 Å². The van der Waals surface area contributed by atoms with Crippen LogP contribution in [0.4, 0.5) is 0 Å². The summed E-state index contributed by atoms with van der Waals surface area (Å²) in [4.78, 5) is 6.49. The van der Waals surface area contributed by atoms with E-state index in [9.17, 15) is 0 Å². The average Bonchev–Trinajstić information content (AvgIpc) is 3.12. The zero-order valence-electron chi connectivity index (χ0n) is 10.6. The predicted octanol–water partition coefficient (Wildman–Crippen LogP) is 1.92. The normalized spacial score (nSPS) is 11.4. The summed E-state index contributed by atoms with van der Waals surface area (Å²) in [5.41, 5.74) is 2.46. The van der Waals surface area contributed by atoms with Crippen LogP contribution in [0.2, 0.25) is 0 Å². The fourth-order valence-corrected chi connectivity index (χ4v) is 8.28. The molecule has 0 amide bonds. The summed E-state index contributed by atoms with van der Waals surface area (Å²) in [6.45, 7) is 0. The van der Waals surface area contributed by atoms with Gasteiger partial charge in [-0.15, -0.1) is 0 Å². The number of fused-ring (bicyclic) bond motifs is 2. The molecule has 2 heterocycles. The number of aromatic amines is 2. The molecule has 0 aliphatic carbocycles. The Morgan fingerprint density at radius 2 is 1.10 bits per heavy atom. The molecule has 4 aromatic rings.